The average Bonchev–Trinajstić information content (AvgIpc) is 2.38. The van der Waals surface area contributed by atoms with E-state index in [1.54, 1.807) is 0 Å². The molecule has 0 saturated carbocycles. The van der Waals surface area contributed by atoms with Crippen molar-refractivity contribution >= 4 is 11.4 Å². The minimum absolute atomic E-state index is 0. The zero-order chi connectivity index (χ0) is 15.7. The fourth-order valence-electron chi connectivity index (χ4n) is 2.36. The van der Waals surface area contributed by atoms with Gasteiger partial charge in [0.15, 0.2) is 0 Å². The van der Waals surface area contributed by atoms with Crippen molar-refractivity contribution in [3.05, 3.63) is 59.7 Å². The number of quaternary nitrogens is 2. The molecule has 0 fully saturated rings. The molecular weight excluding hydrogens is 383 g/mol. The number of hydrogen-bond donors (Lipinski definition) is 0. The summed E-state index contributed by atoms with van der Waals surface area (Å²) in [6.45, 7) is 0. The predicted molar refractivity (Wildman–Crippen MR) is 94.8 cm³/mol. The first-order valence-electron chi connectivity index (χ1n) is 7.48. The predicted octanol–water partition coefficient (Wildman–Crippen LogP) is 0.675. The summed E-state index contributed by atoms with van der Waals surface area (Å²) in [5.41, 5.74) is 5.40. The first-order chi connectivity index (χ1) is 9.66. The van der Waals surface area contributed by atoms with Gasteiger partial charge < -0.3 is 24.0 Å². The summed E-state index contributed by atoms with van der Waals surface area (Å²) in [5.74, 6) is 0. The van der Waals surface area contributed by atoms with Crippen molar-refractivity contribution in [2.75, 3.05) is 42.3 Å². The molecule has 0 aliphatic rings. The highest BCUT2D eigenvalue weighted by atomic mass is 127. The smallest absolute Gasteiger partial charge is 0.132 e. The zero-order valence-electron chi connectivity index (χ0n) is 14.6. The zero-order valence-corrected chi connectivity index (χ0v) is 16.8. The van der Waals surface area contributed by atoms with Crippen LogP contribution in [0.1, 0.15) is 11.1 Å². The monoisotopic (exact) mass is 411 g/mol. The van der Waals surface area contributed by atoms with Gasteiger partial charge in [0.2, 0.25) is 0 Å². The van der Waals surface area contributed by atoms with Crippen LogP contribution in [0, 0.1) is 0 Å². The third-order valence-corrected chi connectivity index (χ3v) is 3.83. The molecule has 2 rings (SSSR count). The van der Waals surface area contributed by atoms with Gasteiger partial charge in [-0.2, -0.15) is 0 Å². The topological polar surface area (TPSA) is 0 Å². The molecule has 2 aromatic rings. The van der Waals surface area contributed by atoms with Crippen LogP contribution in [-0.4, -0.2) is 42.3 Å². The van der Waals surface area contributed by atoms with Gasteiger partial charge in [-0.1, -0.05) is 24.3 Å². The van der Waals surface area contributed by atoms with Crippen LogP contribution in [0.25, 0.3) is 0 Å². The highest BCUT2D eigenvalue weighted by Crippen LogP contribution is 2.21. The average molecular weight is 411 g/mol. The summed E-state index contributed by atoms with van der Waals surface area (Å²) in [6.07, 6.45) is 0.995. The van der Waals surface area contributed by atoms with Crippen LogP contribution in [0.2, 0.25) is 0 Å². The van der Waals surface area contributed by atoms with E-state index in [9.17, 15) is 0 Å². The van der Waals surface area contributed by atoms with Crippen molar-refractivity contribution in [2.45, 2.75) is 6.42 Å². The maximum Gasteiger partial charge on any atom is 0.132 e. The third-order valence-electron chi connectivity index (χ3n) is 3.83. The molecule has 0 N–H and O–H groups in total. The molecule has 120 valence electrons. The van der Waals surface area contributed by atoms with Gasteiger partial charge in [0.25, 0.3) is 0 Å². The van der Waals surface area contributed by atoms with Crippen molar-refractivity contribution in [1.82, 2.24) is 8.97 Å². The van der Waals surface area contributed by atoms with Crippen molar-refractivity contribution in [3.63, 3.8) is 0 Å². The highest BCUT2D eigenvalue weighted by Gasteiger charge is 2.12. The van der Waals surface area contributed by atoms with Crippen LogP contribution >= 0.6 is 0 Å². The molecule has 0 heterocycles. The quantitative estimate of drug-likeness (QED) is 0.513. The molecule has 0 spiro atoms. The number of nitrogens with zero attached hydrogens (tertiary/aromatic N) is 2. The third kappa shape index (κ3) is 5.07. The SMILES string of the molecule is C[N+](C)(C)c1ccc(Cc2ccc([N+](C)(C)C)cc2)cc1.[I-]. The first-order valence-corrected chi connectivity index (χ1v) is 7.48. The maximum absolute atomic E-state index is 2.24. The van der Waals surface area contributed by atoms with Crippen molar-refractivity contribution in [1.29, 1.82) is 0 Å². The molecule has 2 nitrogen and oxygen atoms in total. The maximum atomic E-state index is 2.24. The van der Waals surface area contributed by atoms with Gasteiger partial charge in [-0.3, -0.25) is 8.97 Å². The molecule has 0 amide bonds. The van der Waals surface area contributed by atoms with E-state index in [1.807, 2.05) is 0 Å². The lowest BCUT2D eigenvalue weighted by Gasteiger charge is -2.24. The molecule has 2 aromatic carbocycles. The van der Waals surface area contributed by atoms with E-state index >= 15 is 0 Å². The Labute approximate surface area is 152 Å². The van der Waals surface area contributed by atoms with Crippen LogP contribution in [0.5, 0.6) is 0 Å². The Balaban J connectivity index is 0.00000242. The summed E-state index contributed by atoms with van der Waals surface area (Å²) in [7, 11) is 13.2. The Morgan fingerprint density at radius 1 is 0.545 bits per heavy atom. The van der Waals surface area contributed by atoms with E-state index in [1.165, 1.54) is 22.5 Å². The van der Waals surface area contributed by atoms with Crippen LogP contribution in [0.3, 0.4) is 0 Å². The molecule has 0 aliphatic heterocycles. The first kappa shape index (κ1) is 19.1. The molecule has 0 atom stereocenters. The highest BCUT2D eigenvalue weighted by molar-refractivity contribution is 5.46. The molecule has 0 aliphatic carbocycles. The summed E-state index contributed by atoms with van der Waals surface area (Å²) < 4.78 is 1.72. The molecule has 22 heavy (non-hydrogen) atoms. The fourth-order valence-corrected chi connectivity index (χ4v) is 2.36. The van der Waals surface area contributed by atoms with Gasteiger partial charge in [0, 0.05) is 0 Å². The van der Waals surface area contributed by atoms with Gasteiger partial charge >= 0.3 is 0 Å². The van der Waals surface area contributed by atoms with Gasteiger partial charge in [0.1, 0.15) is 11.4 Å². The molecular formula is C19H28IN2+. The number of halogens is 1. The molecule has 0 saturated heterocycles. The number of rotatable bonds is 4. The Kier molecular flexibility index (Phi) is 6.18. The largest absolute Gasteiger partial charge is 1.00 e. The van der Waals surface area contributed by atoms with Gasteiger partial charge in [0.05, 0.1) is 42.3 Å². The van der Waals surface area contributed by atoms with Crippen LogP contribution in [0.4, 0.5) is 11.4 Å². The van der Waals surface area contributed by atoms with Gasteiger partial charge in [-0.15, -0.1) is 0 Å². The Morgan fingerprint density at radius 2 is 0.818 bits per heavy atom. The van der Waals surface area contributed by atoms with Crippen molar-refractivity contribution in [2.24, 2.45) is 0 Å². The Morgan fingerprint density at radius 3 is 1.05 bits per heavy atom. The molecule has 0 aromatic heterocycles. The lowest BCUT2D eigenvalue weighted by Crippen LogP contribution is -3.00. The van der Waals surface area contributed by atoms with Crippen LogP contribution in [0.15, 0.2) is 48.5 Å². The lowest BCUT2D eigenvalue weighted by atomic mass is 10.0. The summed E-state index contributed by atoms with van der Waals surface area (Å²) >= 11 is 0. The summed E-state index contributed by atoms with van der Waals surface area (Å²) in [5, 5.41) is 0. The minimum atomic E-state index is 0. The molecule has 3 heteroatoms. The lowest BCUT2D eigenvalue weighted by molar-refractivity contribution is -0.00000488. The fraction of sp³-hybridized carbons (Fsp3) is 0.368. The number of benzene rings is 2. The van der Waals surface area contributed by atoms with Crippen LogP contribution < -0.4 is 32.9 Å². The summed E-state index contributed by atoms with van der Waals surface area (Å²) in [4.78, 5) is 0. The second kappa shape index (κ2) is 7.11. The van der Waals surface area contributed by atoms with Crippen molar-refractivity contribution < 1.29 is 24.0 Å². The molecule has 0 unspecified atom stereocenters. The van der Waals surface area contributed by atoms with E-state index in [4.69, 9.17) is 0 Å². The molecule has 0 bridgehead atoms. The van der Waals surface area contributed by atoms with E-state index < -0.39 is 0 Å². The normalized spacial score (nSPS) is 11.9. The Bertz CT molecular complexity index is 532. The van der Waals surface area contributed by atoms with E-state index in [0.717, 1.165) is 15.4 Å². The summed E-state index contributed by atoms with van der Waals surface area (Å²) in [6, 6.07) is 17.9. The second-order valence-corrected chi connectivity index (χ2v) is 7.53. The molecule has 0 radical (unpaired) electrons. The number of hydrogen-bond acceptors (Lipinski definition) is 0. The Hall–Kier alpha value is -0.910. The minimum Gasteiger partial charge on any atom is -1.00 e. The van der Waals surface area contributed by atoms with Crippen molar-refractivity contribution in [3.8, 4) is 0 Å². The van der Waals surface area contributed by atoms with E-state index in [0.29, 0.717) is 0 Å². The van der Waals surface area contributed by atoms with Gasteiger partial charge in [-0.25, -0.2) is 0 Å². The van der Waals surface area contributed by atoms with Crippen LogP contribution in [-0.2, 0) is 6.42 Å². The standard InChI is InChI=1S/C19H28N2.HI/c1-20(2,3)18-11-7-16(8-12-18)15-17-9-13-19(14-10-17)21(4,5)6;/h7-14H,15H2,1-6H3;1H/q+2;/p-1. The van der Waals surface area contributed by atoms with Gasteiger partial charge in [-0.05, 0) is 41.8 Å². The van der Waals surface area contributed by atoms with E-state index in [2.05, 4.69) is 90.8 Å². The second-order valence-electron chi connectivity index (χ2n) is 7.53. The van der Waals surface area contributed by atoms with E-state index in [-0.39, 0.29) is 24.0 Å².